The second-order valence-corrected chi connectivity index (χ2v) is 8.26. The third kappa shape index (κ3) is 7.22. The first-order chi connectivity index (χ1) is 10.7. The summed E-state index contributed by atoms with van der Waals surface area (Å²) in [5.41, 5.74) is -0.620. The van der Waals surface area contributed by atoms with E-state index in [2.05, 4.69) is 21.3 Å². The average molecular weight is 342 g/mol. The molecular weight excluding hydrogens is 316 g/mol. The number of thioether (sulfide) groups is 1. The van der Waals surface area contributed by atoms with E-state index in [-0.39, 0.29) is 53.4 Å². The molecule has 0 radical (unpaired) electrons. The molecule has 0 aromatic rings. The zero-order chi connectivity index (χ0) is 17.0. The van der Waals surface area contributed by atoms with Gasteiger partial charge in [-0.15, -0.1) is 11.8 Å². The molecule has 2 unspecified atom stereocenters. The summed E-state index contributed by atoms with van der Waals surface area (Å²) >= 11 is 1.32. The van der Waals surface area contributed by atoms with E-state index in [1.165, 1.54) is 11.8 Å². The van der Waals surface area contributed by atoms with Crippen molar-refractivity contribution < 1.29 is 14.4 Å². The number of hydrogen-bond acceptors (Lipinski definition) is 5. The van der Waals surface area contributed by atoms with Crippen molar-refractivity contribution in [2.75, 3.05) is 5.75 Å². The van der Waals surface area contributed by atoms with Crippen LogP contribution in [0.15, 0.2) is 0 Å². The summed E-state index contributed by atoms with van der Waals surface area (Å²) in [7, 11) is 0. The molecule has 1 saturated heterocycles. The summed E-state index contributed by atoms with van der Waals surface area (Å²) in [5, 5.41) is 11.8. The van der Waals surface area contributed by atoms with Crippen LogP contribution in [0.4, 0.5) is 0 Å². The molecule has 0 aromatic carbocycles. The van der Waals surface area contributed by atoms with Crippen LogP contribution in [0.1, 0.15) is 46.5 Å². The molecule has 4 N–H and O–H groups in total. The smallest absolute Gasteiger partial charge is 0.230 e. The largest absolute Gasteiger partial charge is 0.353 e. The fourth-order valence-electron chi connectivity index (χ4n) is 2.32. The van der Waals surface area contributed by atoms with Gasteiger partial charge in [0.25, 0.3) is 0 Å². The van der Waals surface area contributed by atoms with Crippen LogP contribution in [0.2, 0.25) is 0 Å². The number of carbonyl (C=O) groups is 3. The minimum Gasteiger partial charge on any atom is -0.353 e. The quantitative estimate of drug-likeness (QED) is 0.547. The first kappa shape index (κ1) is 18.1. The van der Waals surface area contributed by atoms with Gasteiger partial charge in [0.1, 0.15) is 5.50 Å². The van der Waals surface area contributed by atoms with Crippen molar-refractivity contribution in [1.82, 2.24) is 21.3 Å². The van der Waals surface area contributed by atoms with Gasteiger partial charge in [0.05, 0.1) is 5.75 Å². The highest BCUT2D eigenvalue weighted by molar-refractivity contribution is 8.00. The molecular formula is C15H26N4O3S. The van der Waals surface area contributed by atoms with Crippen molar-refractivity contribution in [3.63, 3.8) is 0 Å². The molecule has 3 amide bonds. The zero-order valence-electron chi connectivity index (χ0n) is 13.9. The second kappa shape index (κ2) is 7.53. The van der Waals surface area contributed by atoms with E-state index in [0.717, 1.165) is 12.8 Å². The Bertz CT molecular complexity index is 474. The first-order valence-electron chi connectivity index (χ1n) is 7.99. The van der Waals surface area contributed by atoms with Gasteiger partial charge in [-0.1, -0.05) is 0 Å². The summed E-state index contributed by atoms with van der Waals surface area (Å²) in [5.74, 6) is 0.0544. The van der Waals surface area contributed by atoms with Crippen LogP contribution in [-0.4, -0.2) is 46.6 Å². The standard InChI is InChI=1S/C15H26N4O3S/c1-15(2,3)19-13(22)8-23-14-17-10(7-12(21)18-14)6-11(20)16-9-4-5-9/h9-10,14,17H,4-8H2,1-3H3,(H,16,20)(H,18,21)(H,19,22). The predicted molar refractivity (Wildman–Crippen MR) is 89.6 cm³/mol. The first-order valence-corrected chi connectivity index (χ1v) is 9.03. The molecule has 1 saturated carbocycles. The molecule has 8 heteroatoms. The van der Waals surface area contributed by atoms with Gasteiger partial charge in [-0.25, -0.2) is 0 Å². The lowest BCUT2D eigenvalue weighted by Crippen LogP contribution is -2.56. The lowest BCUT2D eigenvalue weighted by Gasteiger charge is -2.31. The lowest BCUT2D eigenvalue weighted by molar-refractivity contribution is -0.125. The maximum absolute atomic E-state index is 11.8. The Morgan fingerprint density at radius 1 is 1.26 bits per heavy atom. The Balaban J connectivity index is 1.74. The minimum absolute atomic E-state index is 0.0195. The molecule has 1 aliphatic carbocycles. The Morgan fingerprint density at radius 2 is 1.96 bits per heavy atom. The number of rotatable bonds is 6. The summed E-state index contributed by atoms with van der Waals surface area (Å²) in [4.78, 5) is 35.5. The highest BCUT2D eigenvalue weighted by Crippen LogP contribution is 2.19. The summed E-state index contributed by atoms with van der Waals surface area (Å²) in [6.07, 6.45) is 2.66. The Labute approximate surface area is 141 Å². The summed E-state index contributed by atoms with van der Waals surface area (Å²) in [6.45, 7) is 5.76. The summed E-state index contributed by atoms with van der Waals surface area (Å²) < 4.78 is 0. The Kier molecular flexibility index (Phi) is 5.91. The van der Waals surface area contributed by atoms with Crippen LogP contribution in [0.5, 0.6) is 0 Å². The Hall–Kier alpha value is -1.28. The average Bonchev–Trinajstić information content (AvgIpc) is 3.17. The van der Waals surface area contributed by atoms with Gasteiger partial charge in [-0.3, -0.25) is 19.7 Å². The van der Waals surface area contributed by atoms with Crippen LogP contribution in [0, 0.1) is 0 Å². The van der Waals surface area contributed by atoms with E-state index in [1.807, 2.05) is 20.8 Å². The fourth-order valence-corrected chi connectivity index (χ4v) is 3.21. The monoisotopic (exact) mass is 342 g/mol. The lowest BCUT2D eigenvalue weighted by atomic mass is 10.1. The van der Waals surface area contributed by atoms with Crippen molar-refractivity contribution >= 4 is 29.5 Å². The van der Waals surface area contributed by atoms with Gasteiger partial charge in [-0.05, 0) is 33.6 Å². The topological polar surface area (TPSA) is 99.3 Å². The molecule has 1 heterocycles. The maximum Gasteiger partial charge on any atom is 0.230 e. The highest BCUT2D eigenvalue weighted by atomic mass is 32.2. The third-order valence-electron chi connectivity index (χ3n) is 3.38. The normalized spacial score (nSPS) is 24.7. The van der Waals surface area contributed by atoms with Gasteiger partial charge in [0.15, 0.2) is 0 Å². The molecule has 2 rings (SSSR count). The molecule has 2 aliphatic rings. The van der Waals surface area contributed by atoms with E-state index < -0.39 is 0 Å². The maximum atomic E-state index is 11.8. The third-order valence-corrected chi connectivity index (χ3v) is 4.40. The SMILES string of the molecule is CC(C)(C)NC(=O)CSC1NC(=O)CC(CC(=O)NC2CC2)N1. The number of carbonyl (C=O) groups excluding carboxylic acids is 3. The molecule has 2 atom stereocenters. The van der Waals surface area contributed by atoms with Crippen molar-refractivity contribution in [3.8, 4) is 0 Å². The molecule has 1 aliphatic heterocycles. The van der Waals surface area contributed by atoms with E-state index in [4.69, 9.17) is 0 Å². The van der Waals surface area contributed by atoms with E-state index in [1.54, 1.807) is 0 Å². The van der Waals surface area contributed by atoms with Crippen molar-refractivity contribution in [2.45, 2.75) is 69.6 Å². The van der Waals surface area contributed by atoms with Crippen LogP contribution in [0.3, 0.4) is 0 Å². The van der Waals surface area contributed by atoms with Crippen LogP contribution in [-0.2, 0) is 14.4 Å². The molecule has 130 valence electrons. The van der Waals surface area contributed by atoms with E-state index >= 15 is 0 Å². The Morgan fingerprint density at radius 3 is 2.57 bits per heavy atom. The highest BCUT2D eigenvalue weighted by Gasteiger charge is 2.30. The van der Waals surface area contributed by atoms with E-state index in [9.17, 15) is 14.4 Å². The van der Waals surface area contributed by atoms with Crippen LogP contribution >= 0.6 is 11.8 Å². The van der Waals surface area contributed by atoms with E-state index in [0.29, 0.717) is 6.04 Å². The number of amides is 3. The zero-order valence-corrected chi connectivity index (χ0v) is 14.7. The molecule has 0 aromatic heterocycles. The fraction of sp³-hybridized carbons (Fsp3) is 0.800. The number of nitrogens with one attached hydrogen (secondary N) is 4. The second-order valence-electron chi connectivity index (χ2n) is 7.17. The molecule has 7 nitrogen and oxygen atoms in total. The van der Waals surface area contributed by atoms with Crippen molar-refractivity contribution in [3.05, 3.63) is 0 Å². The van der Waals surface area contributed by atoms with Gasteiger partial charge in [-0.2, -0.15) is 0 Å². The number of hydrogen-bond donors (Lipinski definition) is 4. The van der Waals surface area contributed by atoms with Gasteiger partial charge >= 0.3 is 0 Å². The molecule has 0 bridgehead atoms. The van der Waals surface area contributed by atoms with Crippen molar-refractivity contribution in [1.29, 1.82) is 0 Å². The molecule has 2 fully saturated rings. The predicted octanol–water partition coefficient (Wildman–Crippen LogP) is 0.0647. The summed E-state index contributed by atoms with van der Waals surface area (Å²) in [6, 6.07) is 0.136. The molecule has 0 spiro atoms. The van der Waals surface area contributed by atoms with Gasteiger partial charge in [0, 0.05) is 30.5 Å². The van der Waals surface area contributed by atoms with Gasteiger partial charge < -0.3 is 16.0 Å². The van der Waals surface area contributed by atoms with Crippen LogP contribution in [0.25, 0.3) is 0 Å². The van der Waals surface area contributed by atoms with Gasteiger partial charge in [0.2, 0.25) is 17.7 Å². The van der Waals surface area contributed by atoms with Crippen molar-refractivity contribution in [2.24, 2.45) is 0 Å². The minimum atomic E-state index is -0.347. The molecule has 23 heavy (non-hydrogen) atoms. The van der Waals surface area contributed by atoms with Crippen LogP contribution < -0.4 is 21.3 Å².